The number of pyridine rings is 3. The van der Waals surface area contributed by atoms with Crippen LogP contribution in [-0.4, -0.2) is 29.9 Å². The average molecular weight is 1750 g/mol. The second-order valence-corrected chi connectivity index (χ2v) is 34.6. The minimum atomic E-state index is 0.616. The lowest BCUT2D eigenvalue weighted by molar-refractivity contribution is -0.554. The molecule has 0 saturated heterocycles. The molecule has 0 aliphatic heterocycles. The highest BCUT2D eigenvalue weighted by molar-refractivity contribution is 6.24. The van der Waals surface area contributed by atoms with E-state index in [1.165, 1.54) is 60.3 Å². The number of hydrogen-bond donors (Lipinski definition) is 1. The van der Waals surface area contributed by atoms with Gasteiger partial charge in [0.1, 0.15) is 16.7 Å². The van der Waals surface area contributed by atoms with E-state index in [2.05, 4.69) is 465 Å². The van der Waals surface area contributed by atoms with Gasteiger partial charge >= 0.3 is 0 Å². The second-order valence-electron chi connectivity index (χ2n) is 34.6. The number of para-hydroxylation sites is 5. The van der Waals surface area contributed by atoms with E-state index < -0.39 is 0 Å². The Balaban J connectivity index is 0.000000110. The third-order valence-electron chi connectivity index (χ3n) is 26.5. The van der Waals surface area contributed by atoms with Gasteiger partial charge in [0.15, 0.2) is 22.2 Å². The number of H-pyrrole nitrogens is 1. The molecular weight excluding hydrogens is 1670 g/mol. The molecule has 27 aromatic rings. The minimum absolute atomic E-state index is 0.616. The number of nitrogens with zero attached hydrogens (tertiary/aromatic N) is 6. The van der Waals surface area contributed by atoms with Crippen molar-refractivity contribution in [3.8, 4) is 141 Å². The van der Waals surface area contributed by atoms with Crippen LogP contribution < -0.4 is 4.57 Å². The summed E-state index contributed by atoms with van der Waals surface area (Å²) in [7, 11) is 0. The molecule has 9 nitrogen and oxygen atoms in total. The number of fused-ring (bicyclic) bond motifs is 17. The van der Waals surface area contributed by atoms with E-state index in [0.717, 1.165) is 188 Å². The number of benzene rings is 21. The monoisotopic (exact) mass is 1750 g/mol. The largest absolute Gasteiger partial charge is 0.436 e. The molecule has 0 aliphatic carbocycles. The fraction of sp³-hybridized carbons (Fsp3) is 0. The van der Waals surface area contributed by atoms with Crippen LogP contribution >= 0.6 is 0 Å². The molecule has 0 atom stereocenters. The smallest absolute Gasteiger partial charge is 0.292 e. The summed E-state index contributed by atoms with van der Waals surface area (Å²) < 4.78 is 14.9. The Morgan fingerprint density at radius 2 is 0.482 bits per heavy atom. The zero-order chi connectivity index (χ0) is 90.6. The van der Waals surface area contributed by atoms with Crippen molar-refractivity contribution in [1.82, 2.24) is 29.9 Å². The van der Waals surface area contributed by atoms with Crippen molar-refractivity contribution in [2.45, 2.75) is 0 Å². The van der Waals surface area contributed by atoms with Crippen molar-refractivity contribution in [3.63, 3.8) is 0 Å². The zero-order valence-corrected chi connectivity index (χ0v) is 74.3. The first-order chi connectivity index (χ1) is 67.9. The summed E-state index contributed by atoms with van der Waals surface area (Å²) in [5.41, 5.74) is 32.9. The highest BCUT2D eigenvalue weighted by atomic mass is 16.4. The van der Waals surface area contributed by atoms with Crippen molar-refractivity contribution < 1.29 is 13.4 Å². The Morgan fingerprint density at radius 3 is 0.891 bits per heavy atom. The molecular formula is C128H82N7O2+. The van der Waals surface area contributed by atoms with Crippen LogP contribution in [0.2, 0.25) is 0 Å². The molecule has 1 N–H and O–H groups in total. The molecule has 0 bridgehead atoms. The highest BCUT2D eigenvalue weighted by Crippen LogP contribution is 2.47. The molecule has 640 valence electrons. The van der Waals surface area contributed by atoms with Crippen molar-refractivity contribution in [1.29, 1.82) is 0 Å². The first kappa shape index (κ1) is 80.6. The number of rotatable bonds is 13. The van der Waals surface area contributed by atoms with E-state index in [9.17, 15) is 0 Å². The van der Waals surface area contributed by atoms with Gasteiger partial charge in [-0.25, -0.2) is 29.9 Å². The summed E-state index contributed by atoms with van der Waals surface area (Å²) in [4.78, 5) is 29.3. The minimum Gasteiger partial charge on any atom is -0.436 e. The van der Waals surface area contributed by atoms with Crippen molar-refractivity contribution in [3.05, 3.63) is 491 Å². The fourth-order valence-electron chi connectivity index (χ4n) is 19.9. The molecule has 27 rings (SSSR count). The molecule has 0 amide bonds. The van der Waals surface area contributed by atoms with Crippen molar-refractivity contribution in [2.24, 2.45) is 0 Å². The molecule has 137 heavy (non-hydrogen) atoms. The number of nitrogens with one attached hydrogen (secondary N) is 1. The summed E-state index contributed by atoms with van der Waals surface area (Å²) in [5.74, 6) is 2.29. The third-order valence-corrected chi connectivity index (χ3v) is 26.5. The predicted molar refractivity (Wildman–Crippen MR) is 567 cm³/mol. The van der Waals surface area contributed by atoms with Crippen LogP contribution in [0.1, 0.15) is 0 Å². The van der Waals surface area contributed by atoms with Gasteiger partial charge in [0, 0.05) is 70.9 Å². The van der Waals surface area contributed by atoms with Crippen LogP contribution in [-0.2, 0) is 0 Å². The molecule has 6 heterocycles. The fourth-order valence-corrected chi connectivity index (χ4v) is 19.9. The third kappa shape index (κ3) is 14.9. The van der Waals surface area contributed by atoms with E-state index >= 15 is 0 Å². The molecule has 9 heteroatoms. The van der Waals surface area contributed by atoms with Crippen LogP contribution in [0, 0.1) is 0 Å². The first-order valence-electron chi connectivity index (χ1n) is 46.3. The second kappa shape index (κ2) is 34.7. The van der Waals surface area contributed by atoms with E-state index in [1.807, 2.05) is 36.4 Å². The van der Waals surface area contributed by atoms with Gasteiger partial charge in [-0.05, 0) is 203 Å². The molecule has 0 spiro atoms. The first-order valence-corrected chi connectivity index (χ1v) is 46.3. The number of aromatic nitrogens is 7. The topological polar surface area (TPSA) is 110 Å². The van der Waals surface area contributed by atoms with Crippen molar-refractivity contribution in [2.75, 3.05) is 0 Å². The van der Waals surface area contributed by atoms with Crippen LogP contribution in [0.3, 0.4) is 0 Å². The Kier molecular flexibility index (Phi) is 20.4. The molecule has 0 aliphatic rings. The lowest BCUT2D eigenvalue weighted by atomic mass is 9.91. The van der Waals surface area contributed by atoms with Gasteiger partial charge in [-0.2, -0.15) is 4.57 Å². The maximum Gasteiger partial charge on any atom is 0.292 e. The van der Waals surface area contributed by atoms with Crippen LogP contribution in [0.15, 0.2) is 500 Å². The van der Waals surface area contributed by atoms with Crippen LogP contribution in [0.4, 0.5) is 0 Å². The number of oxazole rings is 2. The molecule has 21 aromatic carbocycles. The maximum atomic E-state index is 6.56. The Hall–Kier alpha value is -18.4. The number of aromatic amines is 1. The van der Waals surface area contributed by atoms with Gasteiger partial charge in [0.25, 0.3) is 5.82 Å². The highest BCUT2D eigenvalue weighted by Gasteiger charge is 2.26. The SMILES string of the molecule is c1ccc(-c2cc(-c3ccc(-c4[nH]c5ccccc5[n+]4-c4ccccc4)cc3)c3cc(-c4ccccc4)c4ccccc4c3n2)cc1.c1ccc(-c2cc(-c3ccc(-c4nc5c6ccccc6c6ccccc6c5o4)cc3)c3cc(-c4ccccc4)c4ccccc4c3n2)cc1.c1ccc(-c2cc(-c3ccc(-c4nc5ccccc5o4)cc3)c3cc(-c4ccccc4)c4ccccc4c3n2)cc1. The van der Waals surface area contributed by atoms with Crippen molar-refractivity contribution >= 4 is 120 Å². The molecule has 0 fully saturated rings. The van der Waals surface area contributed by atoms with Gasteiger partial charge in [-0.1, -0.05) is 382 Å². The molecule has 6 aromatic heterocycles. The van der Waals surface area contributed by atoms with Gasteiger partial charge in [-0.3, -0.25) is 0 Å². The average Bonchev–Trinajstić information content (AvgIpc) is 1.68. The van der Waals surface area contributed by atoms with Gasteiger partial charge in [-0.15, -0.1) is 0 Å². The maximum absolute atomic E-state index is 6.56. The Bertz CT molecular complexity index is 9170. The van der Waals surface area contributed by atoms with E-state index in [-0.39, 0.29) is 0 Å². The Labute approximate surface area is 789 Å². The summed E-state index contributed by atoms with van der Waals surface area (Å²) >= 11 is 0. The van der Waals surface area contributed by atoms with E-state index in [4.69, 9.17) is 33.8 Å². The normalized spacial score (nSPS) is 11.5. The summed E-state index contributed by atoms with van der Waals surface area (Å²) in [6.45, 7) is 0. The quantitative estimate of drug-likeness (QED) is 0.0904. The molecule has 0 radical (unpaired) electrons. The summed E-state index contributed by atoms with van der Waals surface area (Å²) in [5, 5.41) is 14.9. The van der Waals surface area contributed by atoms with Crippen LogP contribution in [0.25, 0.3) is 260 Å². The number of imidazole rings is 1. The predicted octanol–water partition coefficient (Wildman–Crippen LogP) is 33.5. The summed E-state index contributed by atoms with van der Waals surface area (Å²) in [6.07, 6.45) is 0. The Morgan fingerprint density at radius 1 is 0.190 bits per heavy atom. The van der Waals surface area contributed by atoms with Gasteiger partial charge in [0.05, 0.1) is 39.2 Å². The molecule has 0 unspecified atom stereocenters. The lowest BCUT2D eigenvalue weighted by Crippen LogP contribution is -2.31. The molecule has 0 saturated carbocycles. The van der Waals surface area contributed by atoms with E-state index in [0.29, 0.717) is 11.8 Å². The van der Waals surface area contributed by atoms with Gasteiger partial charge in [0.2, 0.25) is 11.8 Å². The summed E-state index contributed by atoms with van der Waals surface area (Å²) in [6, 6.07) is 173. The number of hydrogen-bond acceptors (Lipinski definition) is 7. The zero-order valence-electron chi connectivity index (χ0n) is 74.3. The van der Waals surface area contributed by atoms with Gasteiger partial charge < -0.3 is 8.83 Å². The standard InChI is InChI=1S/C46H28N2O.C44H29N3.C38H24N2O/c1-3-13-29(14-4-1)39-27-41-40(28-42(31-15-5-2-6-16-31)47-43(41)36-20-10-8-19-35(36)39)30-23-25-32(26-24-30)46-48-44-37-21-11-7-17-33(37)34-18-9-12-22-38(34)45(44)49-46;1-4-14-30(15-5-1)37-28-39-38(29-41(32-16-6-2-7-17-32)45-43(39)36-21-11-10-20-35(36)37)31-24-26-33(27-25-31)44-46-40-22-12-13-23-42(40)47(44)34-18-8-3-9-19-34;1-3-11-25(12-4-1)31-23-33-32(26-19-21-28(22-20-26)38-40-34-17-9-10-18-36(34)41-38)24-35(27-13-5-2-6-14-27)39-37(33)30-16-8-7-15-29(30)31/h1-28H;1-29H;1-24H/p+1. The lowest BCUT2D eigenvalue weighted by Gasteiger charge is -2.16. The van der Waals surface area contributed by atoms with Crippen LogP contribution in [0.5, 0.6) is 0 Å². The van der Waals surface area contributed by atoms with E-state index in [1.54, 1.807) is 0 Å².